The van der Waals surface area contributed by atoms with Crippen molar-refractivity contribution in [3.8, 4) is 0 Å². The normalized spacial score (nSPS) is 10.7. The summed E-state index contributed by atoms with van der Waals surface area (Å²) in [6, 6.07) is 16.0. The Bertz CT molecular complexity index is 914. The molecule has 0 spiro atoms. The number of Topliss-reactive ketones (excluding diaryl/α,β-unsaturated/α-hetero) is 1. The van der Waals surface area contributed by atoms with Crippen molar-refractivity contribution in [1.29, 1.82) is 0 Å². The van der Waals surface area contributed by atoms with Crippen molar-refractivity contribution in [3.05, 3.63) is 70.5 Å². The minimum atomic E-state index is -0.444. The Hall–Kier alpha value is -3.08. The fraction of sp³-hybridized carbons (Fsp3) is 0.0588. The number of aromatic nitrogens is 1. The van der Waals surface area contributed by atoms with E-state index in [2.05, 4.69) is 0 Å². The fourth-order valence-electron chi connectivity index (χ4n) is 2.47. The van der Waals surface area contributed by atoms with Crippen molar-refractivity contribution in [2.75, 3.05) is 11.5 Å². The molecule has 0 radical (unpaired) electrons. The summed E-state index contributed by atoms with van der Waals surface area (Å²) in [4.78, 5) is 24.8. The average Bonchev–Trinajstić information content (AvgIpc) is 2.57. The van der Waals surface area contributed by atoms with E-state index in [0.717, 1.165) is 0 Å². The van der Waals surface area contributed by atoms with E-state index < -0.39 is 5.56 Å². The van der Waals surface area contributed by atoms with Gasteiger partial charge in [-0.1, -0.05) is 48.5 Å². The number of rotatable bonds is 3. The number of hydrogen-bond donors (Lipinski definition) is 2. The Morgan fingerprint density at radius 2 is 1.55 bits per heavy atom. The molecule has 5 heteroatoms. The number of hydrogen-bond acceptors (Lipinski definition) is 4. The lowest BCUT2D eigenvalue weighted by atomic mass is 10.1. The highest BCUT2D eigenvalue weighted by Gasteiger charge is 2.15. The first-order chi connectivity index (χ1) is 10.6. The van der Waals surface area contributed by atoms with Gasteiger partial charge in [0.25, 0.3) is 5.56 Å². The molecular weight excluding hydrogens is 278 g/mol. The second kappa shape index (κ2) is 5.37. The van der Waals surface area contributed by atoms with E-state index >= 15 is 0 Å². The van der Waals surface area contributed by atoms with Crippen LogP contribution in [0, 0.1) is 0 Å². The lowest BCUT2D eigenvalue weighted by molar-refractivity contribution is 0.0972. The first-order valence-electron chi connectivity index (χ1n) is 6.84. The minimum Gasteiger partial charge on any atom is -0.396 e. The van der Waals surface area contributed by atoms with E-state index in [4.69, 9.17) is 11.5 Å². The Morgan fingerprint density at radius 1 is 0.909 bits per heavy atom. The van der Waals surface area contributed by atoms with Crippen molar-refractivity contribution in [2.45, 2.75) is 6.54 Å². The van der Waals surface area contributed by atoms with Gasteiger partial charge in [0, 0.05) is 10.9 Å². The Balaban J connectivity index is 2.15. The number of fused-ring (bicyclic) bond motifs is 1. The van der Waals surface area contributed by atoms with Crippen LogP contribution >= 0.6 is 0 Å². The monoisotopic (exact) mass is 293 g/mol. The predicted molar refractivity (Wildman–Crippen MR) is 87.8 cm³/mol. The molecule has 0 atom stereocenters. The third kappa shape index (κ3) is 2.22. The lowest BCUT2D eigenvalue weighted by Crippen LogP contribution is -2.28. The number of carbonyl (C=O) groups excluding carboxylic acids is 1. The molecule has 4 N–H and O–H groups in total. The number of ketones is 1. The molecule has 0 fully saturated rings. The van der Waals surface area contributed by atoms with Gasteiger partial charge in [-0.15, -0.1) is 0 Å². The second-order valence-corrected chi connectivity index (χ2v) is 5.02. The highest BCUT2D eigenvalue weighted by Crippen LogP contribution is 2.23. The van der Waals surface area contributed by atoms with Gasteiger partial charge in [0.2, 0.25) is 0 Å². The SMILES string of the molecule is Nc1c(N)c2ccccc2n(CC(=O)c2ccccc2)c1=O. The van der Waals surface area contributed by atoms with E-state index in [0.29, 0.717) is 16.5 Å². The van der Waals surface area contributed by atoms with Gasteiger partial charge in [-0.2, -0.15) is 0 Å². The van der Waals surface area contributed by atoms with Crippen molar-refractivity contribution in [2.24, 2.45) is 0 Å². The van der Waals surface area contributed by atoms with Gasteiger partial charge in [-0.05, 0) is 6.07 Å². The molecule has 0 unspecified atom stereocenters. The number of anilines is 2. The average molecular weight is 293 g/mol. The van der Waals surface area contributed by atoms with Crippen LogP contribution in [0.4, 0.5) is 11.4 Å². The van der Waals surface area contributed by atoms with E-state index in [1.54, 1.807) is 42.5 Å². The summed E-state index contributed by atoms with van der Waals surface area (Å²) in [6.07, 6.45) is 0. The maximum Gasteiger partial charge on any atom is 0.276 e. The zero-order chi connectivity index (χ0) is 15.7. The van der Waals surface area contributed by atoms with Crippen LogP contribution < -0.4 is 17.0 Å². The molecule has 3 aromatic rings. The summed E-state index contributed by atoms with van der Waals surface area (Å²) >= 11 is 0. The molecule has 22 heavy (non-hydrogen) atoms. The number of nitrogens with zero attached hydrogens (tertiary/aromatic N) is 1. The molecule has 0 amide bonds. The van der Waals surface area contributed by atoms with Crippen LogP contribution in [0.25, 0.3) is 10.9 Å². The topological polar surface area (TPSA) is 91.1 Å². The van der Waals surface area contributed by atoms with E-state index in [1.807, 2.05) is 12.1 Å². The number of nitrogens with two attached hydrogens (primary N) is 2. The molecule has 0 saturated carbocycles. The summed E-state index contributed by atoms with van der Waals surface area (Å²) in [5.41, 5.74) is 12.6. The molecule has 0 aliphatic heterocycles. The number of nitrogen functional groups attached to an aromatic ring is 2. The Morgan fingerprint density at radius 3 is 2.27 bits per heavy atom. The smallest absolute Gasteiger partial charge is 0.276 e. The number of carbonyl (C=O) groups is 1. The van der Waals surface area contributed by atoms with Gasteiger partial charge < -0.3 is 11.5 Å². The van der Waals surface area contributed by atoms with Crippen LogP contribution in [-0.2, 0) is 6.54 Å². The fourth-order valence-corrected chi connectivity index (χ4v) is 2.47. The number of benzene rings is 2. The van der Waals surface area contributed by atoms with Gasteiger partial charge in [-0.3, -0.25) is 14.2 Å². The van der Waals surface area contributed by atoms with Crippen molar-refractivity contribution >= 4 is 28.1 Å². The molecule has 2 aromatic carbocycles. The maximum atomic E-state index is 12.4. The predicted octanol–water partition coefficient (Wildman–Crippen LogP) is 2.05. The first-order valence-corrected chi connectivity index (χ1v) is 6.84. The van der Waals surface area contributed by atoms with Gasteiger partial charge in [0.15, 0.2) is 5.78 Å². The largest absolute Gasteiger partial charge is 0.396 e. The van der Waals surface area contributed by atoms with Gasteiger partial charge in [0.05, 0.1) is 17.7 Å². The first kappa shape index (κ1) is 13.9. The molecule has 110 valence electrons. The molecular formula is C17H15N3O2. The van der Waals surface area contributed by atoms with E-state index in [1.165, 1.54) is 4.57 Å². The zero-order valence-electron chi connectivity index (χ0n) is 11.8. The summed E-state index contributed by atoms with van der Waals surface area (Å²) < 4.78 is 1.37. The molecule has 0 saturated heterocycles. The van der Waals surface area contributed by atoms with E-state index in [9.17, 15) is 9.59 Å². The van der Waals surface area contributed by atoms with Crippen molar-refractivity contribution in [1.82, 2.24) is 4.57 Å². The van der Waals surface area contributed by atoms with Crippen molar-refractivity contribution < 1.29 is 4.79 Å². The van der Waals surface area contributed by atoms with E-state index in [-0.39, 0.29) is 23.7 Å². The van der Waals surface area contributed by atoms with Crippen LogP contribution in [-0.4, -0.2) is 10.4 Å². The van der Waals surface area contributed by atoms with Gasteiger partial charge >= 0.3 is 0 Å². The number of para-hydroxylation sites is 1. The lowest BCUT2D eigenvalue weighted by Gasteiger charge is -2.13. The summed E-state index contributed by atoms with van der Waals surface area (Å²) in [6.45, 7) is -0.0756. The van der Waals surface area contributed by atoms with Crippen LogP contribution in [0.5, 0.6) is 0 Å². The maximum absolute atomic E-state index is 12.4. The van der Waals surface area contributed by atoms with Gasteiger partial charge in [0.1, 0.15) is 5.69 Å². The molecule has 0 aliphatic carbocycles. The Labute approximate surface area is 126 Å². The van der Waals surface area contributed by atoms with Gasteiger partial charge in [-0.25, -0.2) is 0 Å². The number of pyridine rings is 1. The molecule has 1 aromatic heterocycles. The molecule has 0 bridgehead atoms. The summed E-state index contributed by atoms with van der Waals surface area (Å²) in [7, 11) is 0. The third-order valence-corrected chi connectivity index (χ3v) is 3.65. The minimum absolute atomic E-state index is 0.0282. The highest BCUT2D eigenvalue weighted by molar-refractivity contribution is 5.99. The zero-order valence-corrected chi connectivity index (χ0v) is 11.8. The van der Waals surface area contributed by atoms with Crippen molar-refractivity contribution in [3.63, 3.8) is 0 Å². The second-order valence-electron chi connectivity index (χ2n) is 5.02. The summed E-state index contributed by atoms with van der Waals surface area (Å²) in [5.74, 6) is -0.156. The van der Waals surface area contributed by atoms with Crippen LogP contribution in [0.2, 0.25) is 0 Å². The third-order valence-electron chi connectivity index (χ3n) is 3.65. The van der Waals surface area contributed by atoms with Crippen LogP contribution in [0.3, 0.4) is 0 Å². The van der Waals surface area contributed by atoms with Crippen LogP contribution in [0.1, 0.15) is 10.4 Å². The highest BCUT2D eigenvalue weighted by atomic mass is 16.1. The van der Waals surface area contributed by atoms with Crippen LogP contribution in [0.15, 0.2) is 59.4 Å². The standard InChI is InChI=1S/C17H15N3O2/c18-15-12-8-4-5-9-13(12)20(17(22)16(15)19)10-14(21)11-6-2-1-3-7-11/h1-9H,10,18-19H2. The molecule has 3 rings (SSSR count). The summed E-state index contributed by atoms with van der Waals surface area (Å²) in [5, 5.41) is 0.667. The molecule has 5 nitrogen and oxygen atoms in total. The molecule has 0 aliphatic rings. The Kier molecular flexibility index (Phi) is 3.39. The molecule has 1 heterocycles. The quantitative estimate of drug-likeness (QED) is 0.723.